The molecule has 1 aliphatic carbocycles. The third kappa shape index (κ3) is 3.54. The van der Waals surface area contributed by atoms with Gasteiger partial charge in [0, 0.05) is 43.0 Å². The van der Waals surface area contributed by atoms with Crippen LogP contribution in [-0.2, 0) is 4.79 Å². The van der Waals surface area contributed by atoms with Crippen LogP contribution in [0.25, 0.3) is 11.3 Å². The summed E-state index contributed by atoms with van der Waals surface area (Å²) in [4.78, 5) is 21.5. The maximum Gasteiger partial charge on any atom is 0.225 e. The smallest absolute Gasteiger partial charge is 0.225 e. The van der Waals surface area contributed by atoms with Crippen LogP contribution in [0.3, 0.4) is 0 Å². The van der Waals surface area contributed by atoms with Crippen molar-refractivity contribution in [3.63, 3.8) is 0 Å². The number of anilines is 1. The monoisotopic (exact) mass is 359 g/mol. The average molecular weight is 359 g/mol. The molecule has 1 aliphatic heterocycles. The van der Waals surface area contributed by atoms with Gasteiger partial charge in [-0.1, -0.05) is 12.8 Å². The Morgan fingerprint density at radius 3 is 2.44 bits per heavy atom. The molecule has 2 heterocycles. The normalized spacial score (nSPS) is 18.8. The van der Waals surface area contributed by atoms with Gasteiger partial charge in [-0.2, -0.15) is 0 Å². The first-order chi connectivity index (χ1) is 12.2. The Bertz CT molecular complexity index is 731. The van der Waals surface area contributed by atoms with Gasteiger partial charge in [0.15, 0.2) is 5.13 Å². The van der Waals surface area contributed by atoms with Crippen molar-refractivity contribution in [1.29, 1.82) is 0 Å². The molecule has 0 spiro atoms. The van der Waals surface area contributed by atoms with Gasteiger partial charge in [0.1, 0.15) is 5.82 Å². The Kier molecular flexibility index (Phi) is 4.70. The van der Waals surface area contributed by atoms with E-state index in [-0.39, 0.29) is 11.7 Å². The highest BCUT2D eigenvalue weighted by Crippen LogP contribution is 2.30. The van der Waals surface area contributed by atoms with Crippen LogP contribution in [0.1, 0.15) is 25.7 Å². The van der Waals surface area contributed by atoms with E-state index in [1.807, 2.05) is 10.3 Å². The van der Waals surface area contributed by atoms with Crippen molar-refractivity contribution in [2.45, 2.75) is 25.7 Å². The summed E-state index contributed by atoms with van der Waals surface area (Å²) in [5.74, 6) is 0.377. The van der Waals surface area contributed by atoms with E-state index in [9.17, 15) is 9.18 Å². The number of rotatable bonds is 3. The zero-order valence-electron chi connectivity index (χ0n) is 14.2. The minimum atomic E-state index is -0.234. The van der Waals surface area contributed by atoms with Gasteiger partial charge < -0.3 is 9.80 Å². The van der Waals surface area contributed by atoms with Gasteiger partial charge in [-0.05, 0) is 37.1 Å². The van der Waals surface area contributed by atoms with E-state index in [2.05, 4.69) is 4.90 Å². The van der Waals surface area contributed by atoms with Gasteiger partial charge in [0.05, 0.1) is 5.69 Å². The highest BCUT2D eigenvalue weighted by Gasteiger charge is 2.29. The molecule has 1 aromatic heterocycles. The number of amides is 1. The molecule has 0 unspecified atom stereocenters. The average Bonchev–Trinajstić information content (AvgIpc) is 3.34. The van der Waals surface area contributed by atoms with Gasteiger partial charge in [-0.3, -0.25) is 4.79 Å². The number of halogens is 1. The Balaban J connectivity index is 1.38. The number of carbonyl (C=O) groups is 1. The topological polar surface area (TPSA) is 36.4 Å². The largest absolute Gasteiger partial charge is 0.345 e. The predicted octanol–water partition coefficient (Wildman–Crippen LogP) is 3.79. The number of thiazole rings is 1. The van der Waals surface area contributed by atoms with Crippen molar-refractivity contribution < 1.29 is 9.18 Å². The lowest BCUT2D eigenvalue weighted by Crippen LogP contribution is -2.50. The van der Waals surface area contributed by atoms with E-state index in [1.165, 1.54) is 25.0 Å². The van der Waals surface area contributed by atoms with E-state index < -0.39 is 0 Å². The fraction of sp³-hybridized carbons (Fsp3) is 0.474. The summed E-state index contributed by atoms with van der Waals surface area (Å²) >= 11 is 1.61. The number of carbonyl (C=O) groups excluding carboxylic acids is 1. The molecule has 132 valence electrons. The quantitative estimate of drug-likeness (QED) is 0.837. The van der Waals surface area contributed by atoms with Gasteiger partial charge in [-0.15, -0.1) is 11.3 Å². The predicted molar refractivity (Wildman–Crippen MR) is 98.3 cm³/mol. The summed E-state index contributed by atoms with van der Waals surface area (Å²) in [5, 5.41) is 2.99. The van der Waals surface area contributed by atoms with Crippen LogP contribution in [-0.4, -0.2) is 42.0 Å². The van der Waals surface area contributed by atoms with E-state index in [4.69, 9.17) is 4.98 Å². The Morgan fingerprint density at radius 2 is 1.76 bits per heavy atom. The highest BCUT2D eigenvalue weighted by molar-refractivity contribution is 7.14. The summed E-state index contributed by atoms with van der Waals surface area (Å²) < 4.78 is 13.1. The fourth-order valence-corrected chi connectivity index (χ4v) is 4.60. The fourth-order valence-electron chi connectivity index (χ4n) is 3.71. The summed E-state index contributed by atoms with van der Waals surface area (Å²) in [6.45, 7) is 3.21. The summed E-state index contributed by atoms with van der Waals surface area (Å²) in [5.41, 5.74) is 1.81. The van der Waals surface area contributed by atoms with Crippen LogP contribution in [0.2, 0.25) is 0 Å². The van der Waals surface area contributed by atoms with E-state index in [0.717, 1.165) is 55.4 Å². The molecular formula is C19H22FN3OS. The number of nitrogens with zero attached hydrogens (tertiary/aromatic N) is 3. The summed E-state index contributed by atoms with van der Waals surface area (Å²) in [7, 11) is 0. The number of benzene rings is 1. The molecule has 4 rings (SSSR count). The van der Waals surface area contributed by atoms with E-state index >= 15 is 0 Å². The molecule has 0 bridgehead atoms. The molecule has 1 aromatic carbocycles. The van der Waals surface area contributed by atoms with Crippen LogP contribution in [0.5, 0.6) is 0 Å². The molecule has 0 atom stereocenters. The van der Waals surface area contributed by atoms with Crippen molar-refractivity contribution in [2.24, 2.45) is 5.92 Å². The SMILES string of the molecule is O=C(C1CCCC1)N1CCN(c2nc(-c3ccc(F)cc3)cs2)CC1. The lowest BCUT2D eigenvalue weighted by atomic mass is 10.1. The first-order valence-corrected chi connectivity index (χ1v) is 9.84. The van der Waals surface area contributed by atoms with E-state index in [0.29, 0.717) is 5.91 Å². The Labute approximate surface area is 151 Å². The summed E-state index contributed by atoms with van der Waals surface area (Å²) in [6, 6.07) is 6.43. The molecule has 6 heteroatoms. The maximum absolute atomic E-state index is 13.1. The first-order valence-electron chi connectivity index (χ1n) is 8.96. The maximum atomic E-state index is 13.1. The van der Waals surface area contributed by atoms with Crippen molar-refractivity contribution >= 4 is 22.4 Å². The molecule has 2 fully saturated rings. The Hall–Kier alpha value is -1.95. The first kappa shape index (κ1) is 16.5. The molecule has 1 amide bonds. The molecule has 1 saturated heterocycles. The third-order valence-corrected chi connectivity index (χ3v) is 6.10. The molecule has 25 heavy (non-hydrogen) atoms. The lowest BCUT2D eigenvalue weighted by Gasteiger charge is -2.35. The zero-order valence-corrected chi connectivity index (χ0v) is 15.0. The second kappa shape index (κ2) is 7.12. The van der Waals surface area contributed by atoms with Crippen molar-refractivity contribution in [1.82, 2.24) is 9.88 Å². The minimum Gasteiger partial charge on any atom is -0.345 e. The molecule has 4 nitrogen and oxygen atoms in total. The molecule has 2 aliphatic rings. The number of hydrogen-bond acceptors (Lipinski definition) is 4. The minimum absolute atomic E-state index is 0.234. The van der Waals surface area contributed by atoms with Gasteiger partial charge in [0.2, 0.25) is 5.91 Å². The highest BCUT2D eigenvalue weighted by atomic mass is 32.1. The molecule has 2 aromatic rings. The van der Waals surface area contributed by atoms with E-state index in [1.54, 1.807) is 23.5 Å². The molecule has 0 radical (unpaired) electrons. The summed E-state index contributed by atoms with van der Waals surface area (Å²) in [6.07, 6.45) is 4.52. The van der Waals surface area contributed by atoms with Crippen LogP contribution in [0.4, 0.5) is 9.52 Å². The van der Waals surface area contributed by atoms with Crippen LogP contribution < -0.4 is 4.90 Å². The van der Waals surface area contributed by atoms with Gasteiger partial charge >= 0.3 is 0 Å². The van der Waals surface area contributed by atoms with Crippen LogP contribution in [0.15, 0.2) is 29.6 Å². The number of hydrogen-bond donors (Lipinski definition) is 0. The zero-order chi connectivity index (χ0) is 17.2. The van der Waals surface area contributed by atoms with Crippen molar-refractivity contribution in [3.8, 4) is 11.3 Å². The third-order valence-electron chi connectivity index (χ3n) is 5.20. The molecule has 0 N–H and O–H groups in total. The number of aromatic nitrogens is 1. The van der Waals surface area contributed by atoms with Crippen LogP contribution in [0, 0.1) is 11.7 Å². The van der Waals surface area contributed by atoms with Gasteiger partial charge in [0.25, 0.3) is 0 Å². The van der Waals surface area contributed by atoms with Crippen molar-refractivity contribution in [2.75, 3.05) is 31.1 Å². The standard InChI is InChI=1S/C19H22FN3OS/c20-16-7-5-14(6-8-16)17-13-25-19(21-17)23-11-9-22(10-12-23)18(24)15-3-1-2-4-15/h5-8,13,15H,1-4,9-12H2. The molecule has 1 saturated carbocycles. The Morgan fingerprint density at radius 1 is 1.08 bits per heavy atom. The molecular weight excluding hydrogens is 337 g/mol. The van der Waals surface area contributed by atoms with Crippen molar-refractivity contribution in [3.05, 3.63) is 35.5 Å². The number of piperazine rings is 1. The van der Waals surface area contributed by atoms with Crippen LogP contribution >= 0.6 is 11.3 Å². The lowest BCUT2D eigenvalue weighted by molar-refractivity contribution is -0.135. The second-order valence-corrected chi connectivity index (χ2v) is 7.65. The second-order valence-electron chi connectivity index (χ2n) is 6.82. The van der Waals surface area contributed by atoms with Gasteiger partial charge in [-0.25, -0.2) is 9.37 Å².